The van der Waals surface area contributed by atoms with Crippen LogP contribution in [-0.2, 0) is 0 Å². The summed E-state index contributed by atoms with van der Waals surface area (Å²) in [7, 11) is 2.03. The molecule has 3 unspecified atom stereocenters. The molecule has 0 bridgehead atoms. The molecule has 0 radical (unpaired) electrons. The zero-order chi connectivity index (χ0) is 13.7. The van der Waals surface area contributed by atoms with Gasteiger partial charge < -0.3 is 10.8 Å². The van der Waals surface area contributed by atoms with Crippen LogP contribution in [0.1, 0.15) is 37.4 Å². The van der Waals surface area contributed by atoms with Gasteiger partial charge in [-0.25, -0.2) is 0 Å². The lowest BCUT2D eigenvalue weighted by Gasteiger charge is -2.34. The van der Waals surface area contributed by atoms with Gasteiger partial charge in [0.15, 0.2) is 0 Å². The van der Waals surface area contributed by atoms with Crippen molar-refractivity contribution in [3.05, 3.63) is 35.4 Å². The average Bonchev–Trinajstić information content (AvgIpc) is 2.30. The normalized spacial score (nSPS) is 16.6. The van der Waals surface area contributed by atoms with Crippen LogP contribution >= 0.6 is 0 Å². The molecule has 1 rings (SSSR count). The minimum Gasteiger partial charge on any atom is -0.392 e. The van der Waals surface area contributed by atoms with Gasteiger partial charge in [0, 0.05) is 18.6 Å². The molecule has 18 heavy (non-hydrogen) atoms. The fourth-order valence-electron chi connectivity index (χ4n) is 2.47. The van der Waals surface area contributed by atoms with E-state index < -0.39 is 0 Å². The van der Waals surface area contributed by atoms with E-state index in [9.17, 15) is 5.11 Å². The average molecular weight is 250 g/mol. The molecule has 0 heterocycles. The molecular formula is C15H26N2O. The van der Waals surface area contributed by atoms with Gasteiger partial charge in [-0.15, -0.1) is 0 Å². The van der Waals surface area contributed by atoms with E-state index in [1.165, 1.54) is 11.1 Å². The largest absolute Gasteiger partial charge is 0.392 e. The molecule has 1 aromatic rings. The Bertz CT molecular complexity index is 365. The topological polar surface area (TPSA) is 49.5 Å². The second kappa shape index (κ2) is 6.88. The van der Waals surface area contributed by atoms with Gasteiger partial charge in [-0.2, -0.15) is 0 Å². The zero-order valence-corrected chi connectivity index (χ0v) is 11.9. The summed E-state index contributed by atoms with van der Waals surface area (Å²) in [5.41, 5.74) is 8.78. The van der Waals surface area contributed by atoms with E-state index in [1.807, 2.05) is 26.1 Å². The first-order valence-corrected chi connectivity index (χ1v) is 6.66. The Morgan fingerprint density at radius 3 is 2.44 bits per heavy atom. The Labute approximate surface area is 111 Å². The van der Waals surface area contributed by atoms with Crippen LogP contribution in [0.15, 0.2) is 24.3 Å². The number of aryl methyl sites for hydroxylation is 1. The van der Waals surface area contributed by atoms with Gasteiger partial charge in [-0.05, 0) is 38.4 Å². The second-order valence-corrected chi connectivity index (χ2v) is 5.16. The summed E-state index contributed by atoms with van der Waals surface area (Å²) in [6.45, 7) is 6.66. The molecule has 1 aromatic carbocycles. The number of hydrogen-bond acceptors (Lipinski definition) is 3. The van der Waals surface area contributed by atoms with E-state index >= 15 is 0 Å². The number of benzene rings is 1. The molecule has 0 aliphatic carbocycles. The Hall–Kier alpha value is -0.900. The first kappa shape index (κ1) is 15.2. The molecule has 3 heteroatoms. The van der Waals surface area contributed by atoms with Crippen LogP contribution in [0.25, 0.3) is 0 Å². The van der Waals surface area contributed by atoms with E-state index in [0.717, 1.165) is 6.42 Å². The fraction of sp³-hybridized carbons (Fsp3) is 0.600. The van der Waals surface area contributed by atoms with Gasteiger partial charge >= 0.3 is 0 Å². The molecule has 0 amide bonds. The van der Waals surface area contributed by atoms with Gasteiger partial charge in [-0.3, -0.25) is 4.90 Å². The van der Waals surface area contributed by atoms with Gasteiger partial charge in [0.25, 0.3) is 0 Å². The number of likely N-dealkylation sites (N-methyl/N-ethyl adjacent to an activating group) is 1. The molecule has 0 aliphatic heterocycles. The van der Waals surface area contributed by atoms with Crippen LogP contribution in [0.5, 0.6) is 0 Å². The van der Waals surface area contributed by atoms with Crippen LogP contribution in [0, 0.1) is 6.92 Å². The molecule has 0 saturated heterocycles. The minimum absolute atomic E-state index is 0.0786. The van der Waals surface area contributed by atoms with Crippen LogP contribution in [-0.4, -0.2) is 35.7 Å². The van der Waals surface area contributed by atoms with E-state index in [1.54, 1.807) is 0 Å². The van der Waals surface area contributed by atoms with Crippen molar-refractivity contribution in [1.82, 2.24) is 4.90 Å². The minimum atomic E-state index is -0.342. The molecule has 0 saturated carbocycles. The van der Waals surface area contributed by atoms with E-state index in [0.29, 0.717) is 6.54 Å². The number of hydrogen-bond donors (Lipinski definition) is 2. The molecular weight excluding hydrogens is 224 g/mol. The lowest BCUT2D eigenvalue weighted by molar-refractivity contribution is 0.107. The molecule has 3 atom stereocenters. The third-order valence-electron chi connectivity index (χ3n) is 3.41. The zero-order valence-electron chi connectivity index (χ0n) is 11.9. The highest BCUT2D eigenvalue weighted by molar-refractivity contribution is 5.30. The third kappa shape index (κ3) is 3.80. The first-order valence-electron chi connectivity index (χ1n) is 6.66. The van der Waals surface area contributed by atoms with Gasteiger partial charge in [0.05, 0.1) is 6.10 Å². The molecule has 3 N–H and O–H groups in total. The monoisotopic (exact) mass is 250 g/mol. The maximum Gasteiger partial charge on any atom is 0.0639 e. The first-order chi connectivity index (χ1) is 8.47. The summed E-state index contributed by atoms with van der Waals surface area (Å²) >= 11 is 0. The highest BCUT2D eigenvalue weighted by Crippen LogP contribution is 2.26. The van der Waals surface area contributed by atoms with Crippen molar-refractivity contribution in [3.8, 4) is 0 Å². The SMILES string of the molecule is CCC(N)C(c1ccccc1C)N(C)CC(C)O. The highest BCUT2D eigenvalue weighted by Gasteiger charge is 2.24. The standard InChI is InChI=1S/C15H26N2O/c1-5-14(16)15(17(4)10-12(3)18)13-9-7-6-8-11(13)2/h6-9,12,14-15,18H,5,10,16H2,1-4H3. The lowest BCUT2D eigenvalue weighted by atomic mass is 9.93. The highest BCUT2D eigenvalue weighted by atomic mass is 16.3. The lowest BCUT2D eigenvalue weighted by Crippen LogP contribution is -2.41. The molecule has 3 nitrogen and oxygen atoms in total. The molecule has 0 aromatic heterocycles. The van der Waals surface area contributed by atoms with Crippen molar-refractivity contribution in [2.45, 2.75) is 45.4 Å². The molecule has 0 spiro atoms. The number of rotatable bonds is 6. The van der Waals surface area contributed by atoms with Crippen molar-refractivity contribution in [2.75, 3.05) is 13.6 Å². The number of nitrogens with two attached hydrogens (primary N) is 1. The number of aliphatic hydroxyl groups is 1. The van der Waals surface area contributed by atoms with E-state index in [2.05, 4.69) is 30.9 Å². The third-order valence-corrected chi connectivity index (χ3v) is 3.41. The van der Waals surface area contributed by atoms with E-state index in [-0.39, 0.29) is 18.2 Å². The van der Waals surface area contributed by atoms with Crippen LogP contribution in [0.3, 0.4) is 0 Å². The number of aliphatic hydroxyl groups excluding tert-OH is 1. The predicted molar refractivity (Wildman–Crippen MR) is 76.5 cm³/mol. The maximum atomic E-state index is 9.56. The summed E-state index contributed by atoms with van der Waals surface area (Å²) in [6, 6.07) is 8.57. The van der Waals surface area contributed by atoms with E-state index in [4.69, 9.17) is 5.73 Å². The predicted octanol–water partition coefficient (Wildman–Crippen LogP) is 2.09. The summed E-state index contributed by atoms with van der Waals surface area (Å²) in [5.74, 6) is 0. The van der Waals surface area contributed by atoms with Crippen molar-refractivity contribution < 1.29 is 5.11 Å². The Kier molecular flexibility index (Phi) is 5.79. The Balaban J connectivity index is 3.02. The Morgan fingerprint density at radius 2 is 1.94 bits per heavy atom. The smallest absolute Gasteiger partial charge is 0.0639 e. The van der Waals surface area contributed by atoms with Crippen molar-refractivity contribution in [1.29, 1.82) is 0 Å². The molecule has 0 aliphatic rings. The summed E-state index contributed by atoms with van der Waals surface area (Å²) in [6.07, 6.45) is 0.578. The fourth-order valence-corrected chi connectivity index (χ4v) is 2.47. The van der Waals surface area contributed by atoms with Gasteiger partial charge in [-0.1, -0.05) is 31.2 Å². The molecule has 102 valence electrons. The summed E-state index contributed by atoms with van der Waals surface area (Å²) in [4.78, 5) is 2.15. The van der Waals surface area contributed by atoms with Gasteiger partial charge in [0.1, 0.15) is 0 Å². The van der Waals surface area contributed by atoms with Crippen molar-refractivity contribution in [3.63, 3.8) is 0 Å². The Morgan fingerprint density at radius 1 is 1.33 bits per heavy atom. The van der Waals surface area contributed by atoms with Crippen molar-refractivity contribution in [2.24, 2.45) is 5.73 Å². The van der Waals surface area contributed by atoms with Crippen LogP contribution in [0.4, 0.5) is 0 Å². The summed E-state index contributed by atoms with van der Waals surface area (Å²) < 4.78 is 0. The van der Waals surface area contributed by atoms with Crippen molar-refractivity contribution >= 4 is 0 Å². The number of nitrogens with zero attached hydrogens (tertiary/aromatic N) is 1. The quantitative estimate of drug-likeness (QED) is 0.813. The van der Waals surface area contributed by atoms with Crippen LogP contribution in [0.2, 0.25) is 0 Å². The second-order valence-electron chi connectivity index (χ2n) is 5.16. The molecule has 0 fully saturated rings. The maximum absolute atomic E-state index is 9.56. The summed E-state index contributed by atoms with van der Waals surface area (Å²) in [5, 5.41) is 9.56. The van der Waals surface area contributed by atoms with Crippen LogP contribution < -0.4 is 5.73 Å². The van der Waals surface area contributed by atoms with Gasteiger partial charge in [0.2, 0.25) is 0 Å².